The standard InChI is InChI=1S/C9H18O2/c1-8(2,6-10)5-9(3,4)7-11/h6,11H,5,7H2,1-4H3. The molecule has 0 aromatic heterocycles. The highest BCUT2D eigenvalue weighted by Gasteiger charge is 2.27. The predicted octanol–water partition coefficient (Wildman–Crippen LogP) is 1.62. The number of aliphatic hydroxyl groups is 1. The average Bonchev–Trinajstić information content (AvgIpc) is 1.86. The quantitative estimate of drug-likeness (QED) is 0.631. The summed E-state index contributed by atoms with van der Waals surface area (Å²) in [5, 5.41) is 8.94. The molecule has 66 valence electrons. The van der Waals surface area contributed by atoms with Gasteiger partial charge in [-0.25, -0.2) is 0 Å². The normalized spacial score (nSPS) is 13.2. The van der Waals surface area contributed by atoms with Crippen LogP contribution in [0.15, 0.2) is 0 Å². The Morgan fingerprint density at radius 2 is 1.73 bits per heavy atom. The number of hydrogen-bond donors (Lipinski definition) is 1. The molecule has 0 spiro atoms. The van der Waals surface area contributed by atoms with Crippen LogP contribution in [0.2, 0.25) is 0 Å². The Morgan fingerprint density at radius 3 is 2.00 bits per heavy atom. The van der Waals surface area contributed by atoms with Crippen molar-refractivity contribution in [2.24, 2.45) is 10.8 Å². The predicted molar refractivity (Wildman–Crippen MR) is 45.3 cm³/mol. The molecule has 0 amide bonds. The van der Waals surface area contributed by atoms with Crippen molar-refractivity contribution < 1.29 is 9.90 Å². The lowest BCUT2D eigenvalue weighted by atomic mass is 9.76. The summed E-state index contributed by atoms with van der Waals surface area (Å²) < 4.78 is 0. The largest absolute Gasteiger partial charge is 0.396 e. The number of carbonyl (C=O) groups is 1. The molecule has 11 heavy (non-hydrogen) atoms. The molecule has 2 heteroatoms. The van der Waals surface area contributed by atoms with Crippen LogP contribution in [-0.4, -0.2) is 18.0 Å². The smallest absolute Gasteiger partial charge is 0.125 e. The number of aliphatic hydroxyl groups excluding tert-OH is 1. The maximum Gasteiger partial charge on any atom is 0.125 e. The maximum atomic E-state index is 10.5. The Kier molecular flexibility index (Phi) is 3.24. The lowest BCUT2D eigenvalue weighted by molar-refractivity contribution is -0.116. The molecule has 0 rings (SSSR count). The summed E-state index contributed by atoms with van der Waals surface area (Å²) in [6.07, 6.45) is 1.67. The molecule has 0 aliphatic rings. The second-order valence-corrected chi connectivity index (χ2v) is 4.61. The molecule has 0 saturated heterocycles. The van der Waals surface area contributed by atoms with Gasteiger partial charge < -0.3 is 9.90 Å². The molecule has 0 aromatic rings. The molecule has 0 radical (unpaired) electrons. The zero-order valence-electron chi connectivity index (χ0n) is 7.85. The number of carbonyl (C=O) groups excluding carboxylic acids is 1. The van der Waals surface area contributed by atoms with Gasteiger partial charge in [-0.15, -0.1) is 0 Å². The van der Waals surface area contributed by atoms with E-state index in [9.17, 15) is 4.79 Å². The van der Waals surface area contributed by atoms with Gasteiger partial charge in [-0.3, -0.25) is 0 Å². The van der Waals surface area contributed by atoms with Crippen LogP contribution >= 0.6 is 0 Å². The van der Waals surface area contributed by atoms with Crippen LogP contribution in [-0.2, 0) is 4.79 Å². The van der Waals surface area contributed by atoms with E-state index in [-0.39, 0.29) is 17.4 Å². The highest BCUT2D eigenvalue weighted by Crippen LogP contribution is 2.31. The lowest BCUT2D eigenvalue weighted by Gasteiger charge is -2.29. The van der Waals surface area contributed by atoms with E-state index in [4.69, 9.17) is 5.11 Å². The minimum absolute atomic E-state index is 0.129. The molecule has 0 aliphatic carbocycles. The molecule has 0 saturated carbocycles. The van der Waals surface area contributed by atoms with Crippen LogP contribution in [0.5, 0.6) is 0 Å². The van der Waals surface area contributed by atoms with Gasteiger partial charge in [-0.2, -0.15) is 0 Å². The molecular formula is C9H18O2. The summed E-state index contributed by atoms with van der Waals surface area (Å²) in [6.45, 7) is 7.82. The second kappa shape index (κ2) is 3.35. The van der Waals surface area contributed by atoms with Crippen molar-refractivity contribution in [1.82, 2.24) is 0 Å². The van der Waals surface area contributed by atoms with Crippen LogP contribution in [0.3, 0.4) is 0 Å². The van der Waals surface area contributed by atoms with Gasteiger partial charge in [0.1, 0.15) is 6.29 Å². The van der Waals surface area contributed by atoms with E-state index in [0.29, 0.717) is 0 Å². The molecule has 1 N–H and O–H groups in total. The molecule has 0 unspecified atom stereocenters. The Labute approximate surface area is 68.6 Å². The highest BCUT2D eigenvalue weighted by atomic mass is 16.3. The molecule has 2 nitrogen and oxygen atoms in total. The minimum atomic E-state index is -0.313. The molecule has 0 atom stereocenters. The van der Waals surface area contributed by atoms with Gasteiger partial charge in [0, 0.05) is 12.0 Å². The fourth-order valence-corrected chi connectivity index (χ4v) is 1.33. The molecule has 0 aromatic carbocycles. The van der Waals surface area contributed by atoms with Crippen LogP contribution in [0, 0.1) is 10.8 Å². The van der Waals surface area contributed by atoms with Crippen LogP contribution < -0.4 is 0 Å². The van der Waals surface area contributed by atoms with Crippen LogP contribution in [0.25, 0.3) is 0 Å². The van der Waals surface area contributed by atoms with Crippen molar-refractivity contribution in [3.05, 3.63) is 0 Å². The first-order valence-corrected chi connectivity index (χ1v) is 3.90. The molecule has 0 bridgehead atoms. The van der Waals surface area contributed by atoms with Crippen molar-refractivity contribution in [2.45, 2.75) is 34.1 Å². The van der Waals surface area contributed by atoms with Gasteiger partial charge in [0.25, 0.3) is 0 Å². The van der Waals surface area contributed by atoms with E-state index >= 15 is 0 Å². The van der Waals surface area contributed by atoms with Crippen LogP contribution in [0.4, 0.5) is 0 Å². The summed E-state index contributed by atoms with van der Waals surface area (Å²) in [4.78, 5) is 10.5. The number of aldehydes is 1. The second-order valence-electron chi connectivity index (χ2n) is 4.61. The Hall–Kier alpha value is -0.370. The van der Waals surface area contributed by atoms with Crippen molar-refractivity contribution in [2.75, 3.05) is 6.61 Å². The summed E-state index contributed by atoms with van der Waals surface area (Å²) in [7, 11) is 0. The monoisotopic (exact) mass is 158 g/mol. The fourth-order valence-electron chi connectivity index (χ4n) is 1.33. The third-order valence-corrected chi connectivity index (χ3v) is 1.68. The molecule has 0 fully saturated rings. The zero-order chi connectivity index (χ0) is 9.12. The SMILES string of the molecule is CC(C)(C=O)CC(C)(C)CO. The molecule has 0 heterocycles. The van der Waals surface area contributed by atoms with Gasteiger partial charge in [0.2, 0.25) is 0 Å². The maximum absolute atomic E-state index is 10.5. The molecular weight excluding hydrogens is 140 g/mol. The van der Waals surface area contributed by atoms with Crippen molar-refractivity contribution in [1.29, 1.82) is 0 Å². The van der Waals surface area contributed by atoms with Gasteiger partial charge in [0.15, 0.2) is 0 Å². The summed E-state index contributed by atoms with van der Waals surface area (Å²) in [5.41, 5.74) is -0.462. The third-order valence-electron chi connectivity index (χ3n) is 1.68. The van der Waals surface area contributed by atoms with Crippen molar-refractivity contribution >= 4 is 6.29 Å². The van der Waals surface area contributed by atoms with E-state index in [1.807, 2.05) is 27.7 Å². The first-order chi connectivity index (χ1) is 4.83. The molecule has 0 aliphatic heterocycles. The highest BCUT2D eigenvalue weighted by molar-refractivity contribution is 5.57. The van der Waals surface area contributed by atoms with E-state index in [1.54, 1.807) is 0 Å². The number of rotatable bonds is 4. The topological polar surface area (TPSA) is 37.3 Å². The van der Waals surface area contributed by atoms with Crippen molar-refractivity contribution in [3.63, 3.8) is 0 Å². The van der Waals surface area contributed by atoms with Gasteiger partial charge in [-0.1, -0.05) is 27.7 Å². The first-order valence-electron chi connectivity index (χ1n) is 3.90. The minimum Gasteiger partial charge on any atom is -0.396 e. The number of hydrogen-bond acceptors (Lipinski definition) is 2. The van der Waals surface area contributed by atoms with E-state index in [1.165, 1.54) is 0 Å². The van der Waals surface area contributed by atoms with E-state index in [0.717, 1.165) is 12.7 Å². The van der Waals surface area contributed by atoms with Crippen molar-refractivity contribution in [3.8, 4) is 0 Å². The van der Waals surface area contributed by atoms with Crippen LogP contribution in [0.1, 0.15) is 34.1 Å². The zero-order valence-corrected chi connectivity index (χ0v) is 7.85. The van der Waals surface area contributed by atoms with E-state index in [2.05, 4.69) is 0 Å². The Morgan fingerprint density at radius 1 is 1.27 bits per heavy atom. The fraction of sp³-hybridized carbons (Fsp3) is 0.889. The van der Waals surface area contributed by atoms with Gasteiger partial charge in [0.05, 0.1) is 0 Å². The Balaban J connectivity index is 4.12. The lowest BCUT2D eigenvalue weighted by Crippen LogP contribution is -2.27. The summed E-state index contributed by atoms with van der Waals surface area (Å²) in [5.74, 6) is 0. The first kappa shape index (κ1) is 10.6. The summed E-state index contributed by atoms with van der Waals surface area (Å²) in [6, 6.07) is 0. The summed E-state index contributed by atoms with van der Waals surface area (Å²) >= 11 is 0. The third kappa shape index (κ3) is 4.14. The average molecular weight is 158 g/mol. The van der Waals surface area contributed by atoms with E-state index < -0.39 is 0 Å². The van der Waals surface area contributed by atoms with Gasteiger partial charge in [-0.05, 0) is 11.8 Å². The Bertz CT molecular complexity index is 136. The van der Waals surface area contributed by atoms with Gasteiger partial charge >= 0.3 is 0 Å².